The average Bonchev–Trinajstić information content (AvgIpc) is 2.84. The Morgan fingerprint density at radius 1 is 1.32 bits per heavy atom. The third-order valence-electron chi connectivity index (χ3n) is 2.53. The summed E-state index contributed by atoms with van der Waals surface area (Å²) in [4.78, 5) is 25.3. The van der Waals surface area contributed by atoms with Gasteiger partial charge in [0.15, 0.2) is 0 Å². The smallest absolute Gasteiger partial charge is 0.320 e. The van der Waals surface area contributed by atoms with Gasteiger partial charge >= 0.3 is 5.69 Å². The predicted octanol–water partition coefficient (Wildman–Crippen LogP) is -0.0330. The first-order valence-corrected chi connectivity index (χ1v) is 6.47. The Morgan fingerprint density at radius 2 is 2.11 bits per heavy atom. The van der Waals surface area contributed by atoms with Crippen LogP contribution >= 0.6 is 11.3 Å². The second kappa shape index (κ2) is 5.69. The summed E-state index contributed by atoms with van der Waals surface area (Å²) in [7, 11) is 1.62. The Hall–Kier alpha value is -2.10. The van der Waals surface area contributed by atoms with Crippen LogP contribution in [0.2, 0.25) is 0 Å². The number of thiophene rings is 1. The molecule has 0 aliphatic rings. The topological polar surface area (TPSA) is 70.0 Å². The molecule has 0 fully saturated rings. The highest BCUT2D eigenvalue weighted by molar-refractivity contribution is 7.12. The number of hydrogen-bond donors (Lipinski definition) is 1. The van der Waals surface area contributed by atoms with Crippen LogP contribution in [0, 0.1) is 11.8 Å². The first-order chi connectivity index (χ1) is 9.11. The fourth-order valence-corrected chi connectivity index (χ4v) is 2.46. The van der Waals surface area contributed by atoms with Crippen LogP contribution in [0.15, 0.2) is 34.0 Å². The molecular formula is C13H13N3O2S. The van der Waals surface area contributed by atoms with Crippen molar-refractivity contribution >= 4 is 11.3 Å². The van der Waals surface area contributed by atoms with Gasteiger partial charge in [0.05, 0.1) is 18.0 Å². The summed E-state index contributed by atoms with van der Waals surface area (Å²) >= 11 is 1.45. The van der Waals surface area contributed by atoms with E-state index in [1.165, 1.54) is 32.7 Å². The number of aromatic nitrogens is 2. The van der Waals surface area contributed by atoms with Crippen molar-refractivity contribution in [2.45, 2.75) is 6.54 Å². The maximum absolute atomic E-state index is 11.9. The summed E-state index contributed by atoms with van der Waals surface area (Å²) < 4.78 is 2.58. The van der Waals surface area contributed by atoms with Gasteiger partial charge in [-0.3, -0.25) is 9.36 Å². The SMILES string of the molecule is Cn1ccc(=O)n(Cc2ccc(C#CCN)s2)c1=O. The number of nitrogens with two attached hydrogens (primary N) is 1. The lowest BCUT2D eigenvalue weighted by Gasteiger charge is -2.04. The van der Waals surface area contributed by atoms with Crippen molar-refractivity contribution < 1.29 is 0 Å². The molecule has 0 aliphatic carbocycles. The maximum atomic E-state index is 11.9. The molecule has 5 nitrogen and oxygen atoms in total. The normalized spacial score (nSPS) is 10.0. The fourth-order valence-electron chi connectivity index (χ4n) is 1.58. The molecule has 2 rings (SSSR count). The van der Waals surface area contributed by atoms with Gasteiger partial charge in [-0.05, 0) is 12.1 Å². The van der Waals surface area contributed by atoms with E-state index in [9.17, 15) is 9.59 Å². The molecule has 0 radical (unpaired) electrons. The van der Waals surface area contributed by atoms with Crippen molar-refractivity contribution in [3.05, 3.63) is 55.0 Å². The van der Waals surface area contributed by atoms with Gasteiger partial charge < -0.3 is 10.3 Å². The van der Waals surface area contributed by atoms with Gasteiger partial charge in [0.1, 0.15) is 0 Å². The lowest BCUT2D eigenvalue weighted by atomic mass is 10.4. The molecule has 0 spiro atoms. The van der Waals surface area contributed by atoms with Crippen LogP contribution in [-0.4, -0.2) is 15.7 Å². The quantitative estimate of drug-likeness (QED) is 0.782. The Kier molecular flexibility index (Phi) is 4.00. The van der Waals surface area contributed by atoms with E-state index in [0.29, 0.717) is 6.54 Å². The molecule has 0 saturated carbocycles. The Bertz CT molecular complexity index is 758. The lowest BCUT2D eigenvalue weighted by molar-refractivity contribution is 0.644. The average molecular weight is 275 g/mol. The van der Waals surface area contributed by atoms with E-state index in [2.05, 4.69) is 11.8 Å². The van der Waals surface area contributed by atoms with E-state index >= 15 is 0 Å². The molecular weight excluding hydrogens is 262 g/mol. The van der Waals surface area contributed by atoms with E-state index in [-0.39, 0.29) is 17.8 Å². The van der Waals surface area contributed by atoms with Crippen LogP contribution in [0.3, 0.4) is 0 Å². The standard InChI is InChI=1S/C13H13N3O2S/c1-15-8-6-12(17)16(13(15)18)9-11-5-4-10(19-11)3-2-7-14/h4-6,8H,7,9,14H2,1H3. The van der Waals surface area contributed by atoms with Crippen molar-refractivity contribution in [1.29, 1.82) is 0 Å². The summed E-state index contributed by atoms with van der Waals surface area (Å²) in [5.74, 6) is 5.69. The molecule has 0 atom stereocenters. The zero-order valence-corrected chi connectivity index (χ0v) is 11.2. The van der Waals surface area contributed by atoms with Gasteiger partial charge in [-0.1, -0.05) is 11.8 Å². The van der Waals surface area contributed by atoms with Crippen LogP contribution in [0.25, 0.3) is 0 Å². The molecule has 2 N–H and O–H groups in total. The Morgan fingerprint density at radius 3 is 2.84 bits per heavy atom. The fraction of sp³-hybridized carbons (Fsp3) is 0.231. The molecule has 0 amide bonds. The molecule has 2 aromatic rings. The molecule has 0 bridgehead atoms. The van der Waals surface area contributed by atoms with Gasteiger partial charge in [0.2, 0.25) is 0 Å². The summed E-state index contributed by atoms with van der Waals surface area (Å²) in [5.41, 5.74) is 4.68. The van der Waals surface area contributed by atoms with Crippen molar-refractivity contribution in [3.8, 4) is 11.8 Å². The number of nitrogens with zero attached hydrogens (tertiary/aromatic N) is 2. The Labute approximate surface area is 113 Å². The second-order valence-electron chi connectivity index (χ2n) is 3.91. The molecule has 0 saturated heterocycles. The third kappa shape index (κ3) is 3.02. The first kappa shape index (κ1) is 13.3. The first-order valence-electron chi connectivity index (χ1n) is 5.66. The molecule has 19 heavy (non-hydrogen) atoms. The number of rotatable bonds is 2. The Balaban J connectivity index is 2.32. The van der Waals surface area contributed by atoms with E-state index in [4.69, 9.17) is 5.73 Å². The number of hydrogen-bond acceptors (Lipinski definition) is 4. The highest BCUT2D eigenvalue weighted by Gasteiger charge is 2.05. The van der Waals surface area contributed by atoms with Gasteiger partial charge in [-0.15, -0.1) is 11.3 Å². The van der Waals surface area contributed by atoms with Crippen LogP contribution < -0.4 is 17.0 Å². The van der Waals surface area contributed by atoms with E-state index in [1.807, 2.05) is 12.1 Å². The van der Waals surface area contributed by atoms with E-state index in [1.54, 1.807) is 7.05 Å². The molecule has 0 aliphatic heterocycles. The number of aryl methyl sites for hydroxylation is 1. The van der Waals surface area contributed by atoms with Gasteiger partial charge in [-0.2, -0.15) is 0 Å². The summed E-state index contributed by atoms with van der Waals surface area (Å²) in [6.45, 7) is 0.577. The molecule has 6 heteroatoms. The van der Waals surface area contributed by atoms with Crippen molar-refractivity contribution in [2.75, 3.05) is 6.54 Å². The van der Waals surface area contributed by atoms with Crippen LogP contribution in [0.1, 0.15) is 9.75 Å². The van der Waals surface area contributed by atoms with Crippen molar-refractivity contribution in [1.82, 2.24) is 9.13 Å². The minimum atomic E-state index is -0.324. The molecule has 2 aromatic heterocycles. The van der Waals surface area contributed by atoms with Crippen LogP contribution in [0.4, 0.5) is 0 Å². The highest BCUT2D eigenvalue weighted by Crippen LogP contribution is 2.15. The highest BCUT2D eigenvalue weighted by atomic mass is 32.1. The van der Waals surface area contributed by atoms with Crippen LogP contribution in [0.5, 0.6) is 0 Å². The molecule has 2 heterocycles. The maximum Gasteiger partial charge on any atom is 0.331 e. The largest absolute Gasteiger partial charge is 0.331 e. The zero-order chi connectivity index (χ0) is 13.8. The van der Waals surface area contributed by atoms with Gasteiger partial charge in [0.25, 0.3) is 5.56 Å². The predicted molar refractivity (Wildman–Crippen MR) is 75.3 cm³/mol. The lowest BCUT2D eigenvalue weighted by Crippen LogP contribution is -2.37. The molecule has 0 unspecified atom stereocenters. The summed E-state index contributed by atoms with van der Waals surface area (Å²) in [5, 5.41) is 0. The van der Waals surface area contributed by atoms with Crippen molar-refractivity contribution in [2.24, 2.45) is 12.8 Å². The molecule has 98 valence electrons. The molecule has 0 aromatic carbocycles. The summed E-state index contributed by atoms with van der Waals surface area (Å²) in [6, 6.07) is 5.11. The van der Waals surface area contributed by atoms with Crippen LogP contribution in [-0.2, 0) is 13.6 Å². The van der Waals surface area contributed by atoms with Gasteiger partial charge in [-0.25, -0.2) is 4.79 Å². The van der Waals surface area contributed by atoms with Crippen molar-refractivity contribution in [3.63, 3.8) is 0 Å². The van der Waals surface area contributed by atoms with Gasteiger partial charge in [0, 0.05) is 24.2 Å². The van der Waals surface area contributed by atoms with E-state index < -0.39 is 0 Å². The minimum Gasteiger partial charge on any atom is -0.320 e. The van der Waals surface area contributed by atoms with E-state index in [0.717, 1.165) is 9.75 Å². The second-order valence-corrected chi connectivity index (χ2v) is 5.07. The zero-order valence-electron chi connectivity index (χ0n) is 10.4. The monoisotopic (exact) mass is 275 g/mol. The minimum absolute atomic E-state index is 0.265. The third-order valence-corrected chi connectivity index (χ3v) is 3.51. The summed E-state index contributed by atoms with van der Waals surface area (Å²) in [6.07, 6.45) is 1.47.